The monoisotopic (exact) mass is 202 g/mol. The zero-order chi connectivity index (χ0) is 8.69. The molecule has 68 valence electrons. The molecule has 0 aromatic rings. The predicted octanol–water partition coefficient (Wildman–Crippen LogP) is 0.202. The summed E-state index contributed by atoms with van der Waals surface area (Å²) in [6.07, 6.45) is -0.829. The molecule has 0 spiro atoms. The third-order valence-electron chi connectivity index (χ3n) is 1.10. The first-order valence-electron chi connectivity index (χ1n) is 3.29. The van der Waals surface area contributed by atoms with Crippen molar-refractivity contribution in [2.75, 3.05) is 25.7 Å². The molecule has 0 fully saturated rings. The van der Waals surface area contributed by atoms with Crippen LogP contribution in [0.2, 0.25) is 0 Å². The number of hydrogen-bond donors (Lipinski definition) is 2. The van der Waals surface area contributed by atoms with Crippen LogP contribution < -0.4 is 0 Å². The van der Waals surface area contributed by atoms with E-state index < -0.39 is 11.5 Å². The maximum Gasteiger partial charge on any atom is 0.0959 e. The van der Waals surface area contributed by atoms with Crippen LogP contribution in [-0.2, 0) is 4.74 Å². The topological polar surface area (TPSA) is 49.7 Å². The van der Waals surface area contributed by atoms with Gasteiger partial charge in [-0.1, -0.05) is 0 Å². The van der Waals surface area contributed by atoms with Gasteiger partial charge in [0.25, 0.3) is 0 Å². The van der Waals surface area contributed by atoms with E-state index in [0.29, 0.717) is 12.5 Å². The van der Waals surface area contributed by atoms with Gasteiger partial charge in [0.2, 0.25) is 0 Å². The highest BCUT2D eigenvalue weighted by Gasteiger charge is 2.14. The highest BCUT2D eigenvalue weighted by Crippen LogP contribution is 2.01. The molecule has 0 aromatic heterocycles. The lowest BCUT2D eigenvalue weighted by atomic mass is 10.3. The molecular weight excluding hydrogens is 191 g/mol. The first-order chi connectivity index (χ1) is 5.22. The Morgan fingerprint density at radius 2 is 2.09 bits per heavy atom. The van der Waals surface area contributed by atoms with Crippen LogP contribution in [0.15, 0.2) is 0 Å². The van der Waals surface area contributed by atoms with E-state index in [9.17, 15) is 0 Å². The zero-order valence-corrected chi connectivity index (χ0v) is 7.55. The Balaban J connectivity index is 3.28. The quantitative estimate of drug-likeness (QED) is 0.479. The van der Waals surface area contributed by atoms with Crippen LogP contribution in [0.4, 0.5) is 0 Å². The van der Waals surface area contributed by atoms with E-state index in [1.54, 1.807) is 0 Å². The van der Waals surface area contributed by atoms with Gasteiger partial charge in [-0.15, -0.1) is 23.2 Å². The molecule has 3 nitrogen and oxygen atoms in total. The summed E-state index contributed by atoms with van der Waals surface area (Å²) in [4.78, 5) is 0. The van der Waals surface area contributed by atoms with Crippen LogP contribution in [0.5, 0.6) is 0 Å². The molecule has 0 radical (unpaired) electrons. The summed E-state index contributed by atoms with van der Waals surface area (Å²) in [5.41, 5.74) is 0. The normalized spacial score (nSPS) is 16.4. The minimum Gasteiger partial charge on any atom is -0.395 e. The van der Waals surface area contributed by atoms with Crippen molar-refractivity contribution in [2.45, 2.75) is 11.5 Å². The number of hydrogen-bond acceptors (Lipinski definition) is 3. The molecule has 2 unspecified atom stereocenters. The van der Waals surface area contributed by atoms with Crippen molar-refractivity contribution in [1.82, 2.24) is 0 Å². The van der Waals surface area contributed by atoms with Crippen LogP contribution in [-0.4, -0.2) is 47.4 Å². The summed E-state index contributed by atoms with van der Waals surface area (Å²) in [6, 6.07) is 0. The fraction of sp³-hybridized carbons (Fsp3) is 1.00. The SMILES string of the molecule is OCC(Cl)C(O)COCCCl. The van der Waals surface area contributed by atoms with Gasteiger partial charge in [-0.05, 0) is 0 Å². The lowest BCUT2D eigenvalue weighted by Crippen LogP contribution is -2.29. The third kappa shape index (κ3) is 5.70. The number of aliphatic hydroxyl groups is 2. The Bertz CT molecular complexity index is 91.9. The standard InChI is InChI=1S/C6H12Cl2O3/c7-1-2-11-4-6(10)5(8)3-9/h5-6,9-10H,1-4H2. The lowest BCUT2D eigenvalue weighted by molar-refractivity contribution is 0.0324. The molecule has 2 N–H and O–H groups in total. The van der Waals surface area contributed by atoms with Crippen molar-refractivity contribution in [1.29, 1.82) is 0 Å². The van der Waals surface area contributed by atoms with Crippen molar-refractivity contribution in [3.63, 3.8) is 0 Å². The molecule has 0 saturated heterocycles. The average Bonchev–Trinajstić information content (AvgIpc) is 2.03. The molecule has 0 aliphatic rings. The predicted molar refractivity (Wildman–Crippen MR) is 44.3 cm³/mol. The van der Waals surface area contributed by atoms with E-state index in [0.717, 1.165) is 0 Å². The second kappa shape index (κ2) is 7.13. The summed E-state index contributed by atoms with van der Waals surface area (Å²) in [5, 5.41) is 16.9. The van der Waals surface area contributed by atoms with Gasteiger partial charge in [-0.3, -0.25) is 0 Å². The van der Waals surface area contributed by atoms with Crippen molar-refractivity contribution in [2.24, 2.45) is 0 Å². The molecule has 0 aromatic carbocycles. The van der Waals surface area contributed by atoms with Crippen molar-refractivity contribution in [3.8, 4) is 0 Å². The molecule has 0 heterocycles. The Kier molecular flexibility index (Phi) is 7.43. The van der Waals surface area contributed by atoms with Crippen LogP contribution in [0, 0.1) is 0 Å². The van der Waals surface area contributed by atoms with Gasteiger partial charge in [0, 0.05) is 5.88 Å². The van der Waals surface area contributed by atoms with Crippen molar-refractivity contribution in [3.05, 3.63) is 0 Å². The maximum absolute atomic E-state index is 9.08. The number of alkyl halides is 2. The first-order valence-corrected chi connectivity index (χ1v) is 4.26. The van der Waals surface area contributed by atoms with Gasteiger partial charge in [-0.25, -0.2) is 0 Å². The van der Waals surface area contributed by atoms with Crippen LogP contribution in [0.1, 0.15) is 0 Å². The van der Waals surface area contributed by atoms with Gasteiger partial charge in [0.15, 0.2) is 0 Å². The molecule has 0 saturated carbocycles. The number of aliphatic hydroxyl groups excluding tert-OH is 2. The fourth-order valence-corrected chi connectivity index (χ4v) is 0.667. The molecular formula is C6H12Cl2O3. The van der Waals surface area contributed by atoms with E-state index in [-0.39, 0.29) is 13.2 Å². The van der Waals surface area contributed by atoms with Crippen molar-refractivity contribution < 1.29 is 14.9 Å². The Morgan fingerprint density at radius 3 is 2.55 bits per heavy atom. The Labute approximate surface area is 75.9 Å². The maximum atomic E-state index is 9.08. The van der Waals surface area contributed by atoms with Gasteiger partial charge in [0.05, 0.1) is 31.3 Å². The minimum absolute atomic E-state index is 0.113. The first kappa shape index (κ1) is 11.5. The largest absolute Gasteiger partial charge is 0.395 e. The van der Waals surface area contributed by atoms with Gasteiger partial charge in [-0.2, -0.15) is 0 Å². The van der Waals surface area contributed by atoms with Crippen molar-refractivity contribution >= 4 is 23.2 Å². The van der Waals surface area contributed by atoms with Crippen LogP contribution in [0.3, 0.4) is 0 Å². The second-order valence-corrected chi connectivity index (χ2v) is 2.97. The van der Waals surface area contributed by atoms with Gasteiger partial charge in [0.1, 0.15) is 0 Å². The molecule has 0 rings (SSSR count). The molecule has 0 aliphatic heterocycles. The fourth-order valence-electron chi connectivity index (χ4n) is 0.485. The number of halogens is 2. The second-order valence-electron chi connectivity index (χ2n) is 2.03. The van der Waals surface area contributed by atoms with Gasteiger partial charge < -0.3 is 14.9 Å². The summed E-state index contributed by atoms with van der Waals surface area (Å²) in [7, 11) is 0. The van der Waals surface area contributed by atoms with E-state index >= 15 is 0 Å². The van der Waals surface area contributed by atoms with E-state index in [1.807, 2.05) is 0 Å². The third-order valence-corrected chi connectivity index (χ3v) is 1.69. The summed E-state index contributed by atoms with van der Waals surface area (Å²) < 4.78 is 4.89. The summed E-state index contributed by atoms with van der Waals surface area (Å²) in [6.45, 7) is 0.238. The Hall–Kier alpha value is 0.460. The van der Waals surface area contributed by atoms with Crippen LogP contribution in [0.25, 0.3) is 0 Å². The molecule has 5 heteroatoms. The van der Waals surface area contributed by atoms with Crippen LogP contribution >= 0.6 is 23.2 Å². The van der Waals surface area contributed by atoms with E-state index in [2.05, 4.69) is 0 Å². The number of ether oxygens (including phenoxy) is 1. The Morgan fingerprint density at radius 1 is 1.45 bits per heavy atom. The number of rotatable bonds is 6. The van der Waals surface area contributed by atoms with Gasteiger partial charge >= 0.3 is 0 Å². The summed E-state index contributed by atoms with van der Waals surface area (Å²) in [5.74, 6) is 0.388. The summed E-state index contributed by atoms with van der Waals surface area (Å²) >= 11 is 10.8. The average molecular weight is 203 g/mol. The highest BCUT2D eigenvalue weighted by atomic mass is 35.5. The minimum atomic E-state index is -0.829. The molecule has 0 aliphatic carbocycles. The zero-order valence-electron chi connectivity index (χ0n) is 6.04. The highest BCUT2D eigenvalue weighted by molar-refractivity contribution is 6.21. The lowest BCUT2D eigenvalue weighted by Gasteiger charge is -2.13. The van der Waals surface area contributed by atoms with E-state index in [4.69, 9.17) is 38.2 Å². The molecule has 0 amide bonds. The molecule has 11 heavy (non-hydrogen) atoms. The van der Waals surface area contributed by atoms with E-state index in [1.165, 1.54) is 0 Å². The molecule has 2 atom stereocenters. The smallest absolute Gasteiger partial charge is 0.0959 e. The molecule has 0 bridgehead atoms.